The first kappa shape index (κ1) is 29.3. The second kappa shape index (κ2) is 12.8. The van der Waals surface area contributed by atoms with Crippen LogP contribution in [0.5, 0.6) is 0 Å². The van der Waals surface area contributed by atoms with Crippen LogP contribution < -0.4 is 16.0 Å². The molecule has 2 aliphatic rings. The molecular formula is C32H40N6O4. The van der Waals surface area contributed by atoms with Crippen molar-refractivity contribution >= 4 is 34.5 Å². The molecule has 10 heteroatoms. The molecule has 0 radical (unpaired) electrons. The van der Waals surface area contributed by atoms with Crippen molar-refractivity contribution in [2.75, 3.05) is 6.54 Å². The maximum absolute atomic E-state index is 14.3. The summed E-state index contributed by atoms with van der Waals surface area (Å²) in [4.78, 5) is 63.1. The molecule has 5 rings (SSSR count). The van der Waals surface area contributed by atoms with Gasteiger partial charge in [-0.3, -0.25) is 24.2 Å². The van der Waals surface area contributed by atoms with Gasteiger partial charge in [0.1, 0.15) is 17.8 Å². The number of nitrogens with zero attached hydrogens (tertiary/aromatic N) is 2. The van der Waals surface area contributed by atoms with E-state index < -0.39 is 18.1 Å². The highest BCUT2D eigenvalue weighted by Crippen LogP contribution is 2.25. The minimum atomic E-state index is -0.869. The van der Waals surface area contributed by atoms with Crippen LogP contribution in [-0.4, -0.2) is 69.2 Å². The average Bonchev–Trinajstić information content (AvgIpc) is 3.58. The Balaban J connectivity index is 1.45. The van der Waals surface area contributed by atoms with Gasteiger partial charge in [0, 0.05) is 54.8 Å². The maximum Gasteiger partial charge on any atom is 0.270 e. The molecule has 0 bridgehead atoms. The van der Waals surface area contributed by atoms with Crippen LogP contribution in [0.3, 0.4) is 0 Å². The van der Waals surface area contributed by atoms with E-state index in [1.54, 1.807) is 24.4 Å². The predicted octanol–water partition coefficient (Wildman–Crippen LogP) is 2.95. The lowest BCUT2D eigenvalue weighted by Gasteiger charge is -2.30. The molecule has 1 aromatic carbocycles. The van der Waals surface area contributed by atoms with Gasteiger partial charge in [-0.15, -0.1) is 0 Å². The molecule has 0 unspecified atom stereocenters. The van der Waals surface area contributed by atoms with Gasteiger partial charge in [0.15, 0.2) is 0 Å². The number of carbonyl (C=O) groups is 4. The summed E-state index contributed by atoms with van der Waals surface area (Å²) in [7, 11) is 0. The third kappa shape index (κ3) is 6.64. The molecule has 2 fully saturated rings. The van der Waals surface area contributed by atoms with Crippen molar-refractivity contribution in [2.24, 2.45) is 11.8 Å². The number of fused-ring (bicyclic) bond motifs is 2. The minimum absolute atomic E-state index is 0.0927. The van der Waals surface area contributed by atoms with Gasteiger partial charge in [0.25, 0.3) is 5.91 Å². The van der Waals surface area contributed by atoms with E-state index in [2.05, 4.69) is 39.8 Å². The molecule has 4 N–H and O–H groups in total. The topological polar surface area (TPSA) is 136 Å². The van der Waals surface area contributed by atoms with Crippen LogP contribution in [0.15, 0.2) is 54.9 Å². The van der Waals surface area contributed by atoms with E-state index in [0.717, 1.165) is 29.3 Å². The fourth-order valence-corrected chi connectivity index (χ4v) is 6.10. The zero-order valence-electron chi connectivity index (χ0n) is 24.4. The summed E-state index contributed by atoms with van der Waals surface area (Å²) in [5.74, 6) is -0.840. The fraction of sp³-hybridized carbons (Fsp3) is 0.469. The quantitative estimate of drug-likeness (QED) is 0.373. The van der Waals surface area contributed by atoms with Crippen LogP contribution in [0.2, 0.25) is 0 Å². The summed E-state index contributed by atoms with van der Waals surface area (Å²) in [6.45, 7) is 6.30. The molecule has 0 spiro atoms. The zero-order valence-corrected chi connectivity index (χ0v) is 24.4. The largest absolute Gasteiger partial charge is 0.361 e. The summed E-state index contributed by atoms with van der Waals surface area (Å²) in [6, 6.07) is 10.7. The Kier molecular flexibility index (Phi) is 8.89. The van der Waals surface area contributed by atoms with Crippen molar-refractivity contribution in [2.45, 2.75) is 77.0 Å². The monoisotopic (exact) mass is 572 g/mol. The lowest BCUT2D eigenvalue weighted by atomic mass is 9.92. The van der Waals surface area contributed by atoms with E-state index >= 15 is 0 Å². The van der Waals surface area contributed by atoms with Crippen LogP contribution in [0.4, 0.5) is 0 Å². The molecule has 2 aromatic heterocycles. The molecule has 10 nitrogen and oxygen atoms in total. The fourth-order valence-electron chi connectivity index (χ4n) is 6.10. The summed E-state index contributed by atoms with van der Waals surface area (Å²) in [5, 5.41) is 10.2. The number of benzene rings is 1. The van der Waals surface area contributed by atoms with Crippen LogP contribution in [0.25, 0.3) is 10.9 Å². The van der Waals surface area contributed by atoms with Crippen LogP contribution in [0, 0.1) is 11.8 Å². The van der Waals surface area contributed by atoms with Crippen molar-refractivity contribution in [1.29, 1.82) is 0 Å². The number of pyridine rings is 1. The van der Waals surface area contributed by atoms with Crippen LogP contribution in [-0.2, 0) is 20.8 Å². The highest BCUT2D eigenvalue weighted by Gasteiger charge is 2.43. The molecule has 222 valence electrons. The summed E-state index contributed by atoms with van der Waals surface area (Å²) < 4.78 is 0. The van der Waals surface area contributed by atoms with Crippen molar-refractivity contribution in [1.82, 2.24) is 30.8 Å². The number of rotatable bonds is 5. The standard InChI is InChI=1S/C32H40N6O4/c1-19(2)24-12-11-20(3)14-29(39)36-27(15-21-17-34-25-9-5-4-8-23(21)25)32(42)38-18-22(16-28(38)31(41)37-24)35-30(40)26-10-6-7-13-33-26/h4-10,13,17,19-20,22,24,27-28,34H,11-12,14-16,18H2,1-3H3,(H,35,40)(H,36,39)(H,37,41)/t20-,22-,24+,27-,28+/m1/s1. The SMILES string of the molecule is CC(C)[C@@H]1CC[C@@H](C)CC(=O)N[C@H](Cc2c[nH]c3ccccc23)C(=O)N2C[C@H](NC(=O)c3ccccn3)C[C@H]2C(=O)N1. The second-order valence-electron chi connectivity index (χ2n) is 12.1. The normalized spacial score (nSPS) is 25.7. The van der Waals surface area contributed by atoms with Gasteiger partial charge in [-0.2, -0.15) is 0 Å². The first-order valence-electron chi connectivity index (χ1n) is 14.9. The van der Waals surface area contributed by atoms with E-state index in [0.29, 0.717) is 6.42 Å². The smallest absolute Gasteiger partial charge is 0.270 e. The number of hydrogen-bond acceptors (Lipinski definition) is 5. The average molecular weight is 573 g/mol. The molecule has 5 atom stereocenters. The Morgan fingerprint density at radius 1 is 1.07 bits per heavy atom. The lowest BCUT2D eigenvalue weighted by Crippen LogP contribution is -2.55. The zero-order chi connectivity index (χ0) is 29.8. The molecule has 0 saturated carbocycles. The first-order valence-corrected chi connectivity index (χ1v) is 14.9. The summed E-state index contributed by atoms with van der Waals surface area (Å²) in [6.07, 6.45) is 5.75. The van der Waals surface area contributed by atoms with E-state index in [1.165, 1.54) is 4.90 Å². The number of hydrogen-bond donors (Lipinski definition) is 4. The number of aromatic nitrogens is 2. The maximum atomic E-state index is 14.3. The summed E-state index contributed by atoms with van der Waals surface area (Å²) in [5.41, 5.74) is 2.12. The Bertz CT molecular complexity index is 1440. The molecule has 0 aliphatic carbocycles. The highest BCUT2D eigenvalue weighted by molar-refractivity contribution is 5.95. The second-order valence-corrected chi connectivity index (χ2v) is 12.1. The van der Waals surface area contributed by atoms with Gasteiger partial charge in [-0.25, -0.2) is 0 Å². The molecule has 3 aromatic rings. The Labute approximate surface area is 246 Å². The van der Waals surface area contributed by atoms with E-state index in [-0.39, 0.29) is 66.6 Å². The van der Waals surface area contributed by atoms with Gasteiger partial charge in [0.05, 0.1) is 0 Å². The third-order valence-corrected chi connectivity index (χ3v) is 8.49. The molecule has 2 saturated heterocycles. The van der Waals surface area contributed by atoms with Crippen LogP contribution >= 0.6 is 0 Å². The number of para-hydroxylation sites is 1. The van der Waals surface area contributed by atoms with Crippen molar-refractivity contribution < 1.29 is 19.2 Å². The van der Waals surface area contributed by atoms with Gasteiger partial charge in [0.2, 0.25) is 17.7 Å². The molecule has 2 aliphatic heterocycles. The molecular weight excluding hydrogens is 532 g/mol. The van der Waals surface area contributed by atoms with Gasteiger partial charge < -0.3 is 25.8 Å². The van der Waals surface area contributed by atoms with Crippen molar-refractivity contribution in [3.63, 3.8) is 0 Å². The number of amides is 4. The molecule has 4 amide bonds. The van der Waals surface area contributed by atoms with E-state index in [4.69, 9.17) is 0 Å². The highest BCUT2D eigenvalue weighted by atomic mass is 16.2. The number of H-pyrrole nitrogens is 1. The Morgan fingerprint density at radius 3 is 2.62 bits per heavy atom. The van der Waals surface area contributed by atoms with Crippen molar-refractivity contribution in [3.8, 4) is 0 Å². The first-order chi connectivity index (χ1) is 20.2. The van der Waals surface area contributed by atoms with Crippen molar-refractivity contribution in [3.05, 3.63) is 66.1 Å². The Morgan fingerprint density at radius 2 is 1.86 bits per heavy atom. The predicted molar refractivity (Wildman–Crippen MR) is 159 cm³/mol. The van der Waals surface area contributed by atoms with E-state index in [1.807, 2.05) is 37.4 Å². The molecule has 4 heterocycles. The van der Waals surface area contributed by atoms with Gasteiger partial charge >= 0.3 is 0 Å². The van der Waals surface area contributed by atoms with Gasteiger partial charge in [-0.1, -0.05) is 45.0 Å². The molecule has 42 heavy (non-hydrogen) atoms. The van der Waals surface area contributed by atoms with Gasteiger partial charge in [-0.05, 0) is 54.9 Å². The third-order valence-electron chi connectivity index (χ3n) is 8.49. The number of carbonyl (C=O) groups excluding carboxylic acids is 4. The summed E-state index contributed by atoms with van der Waals surface area (Å²) >= 11 is 0. The number of aromatic amines is 1. The van der Waals surface area contributed by atoms with Crippen LogP contribution in [0.1, 0.15) is 62.5 Å². The number of nitrogens with one attached hydrogen (secondary N) is 4. The Hall–Kier alpha value is -4.21. The van der Waals surface area contributed by atoms with E-state index in [9.17, 15) is 19.2 Å². The minimum Gasteiger partial charge on any atom is -0.361 e. The lowest BCUT2D eigenvalue weighted by molar-refractivity contribution is -0.141.